The Labute approximate surface area is 163 Å². The van der Waals surface area contributed by atoms with Crippen molar-refractivity contribution >= 4 is 18.1 Å². The first-order valence-electron chi connectivity index (χ1n) is 9.10. The van der Waals surface area contributed by atoms with E-state index in [1.165, 1.54) is 0 Å². The number of imidazole rings is 1. The molecule has 1 unspecified atom stereocenters. The molecule has 0 fully saturated rings. The van der Waals surface area contributed by atoms with Crippen LogP contribution in [0.5, 0.6) is 0 Å². The molecule has 4 rings (SSSR count). The summed E-state index contributed by atoms with van der Waals surface area (Å²) in [5, 5.41) is 3.20. The molecule has 140 valence electrons. The number of carbonyl (C=O) groups is 1. The van der Waals surface area contributed by atoms with E-state index in [0.717, 1.165) is 35.6 Å². The van der Waals surface area contributed by atoms with Gasteiger partial charge in [0.2, 0.25) is 0 Å². The van der Waals surface area contributed by atoms with Gasteiger partial charge < -0.3 is 14.7 Å². The number of para-hydroxylation sites is 1. The molecule has 3 aromatic rings. The first kappa shape index (κ1) is 17.8. The summed E-state index contributed by atoms with van der Waals surface area (Å²) < 4.78 is 8.14. The lowest BCUT2D eigenvalue weighted by Crippen LogP contribution is -2.36. The van der Waals surface area contributed by atoms with Gasteiger partial charge in [-0.05, 0) is 49.2 Å². The Balaban J connectivity index is 1.67. The molecule has 0 aliphatic heterocycles. The number of aromatic amines is 1. The van der Waals surface area contributed by atoms with E-state index in [4.69, 9.17) is 16.6 Å². The zero-order chi connectivity index (χ0) is 19.2. The van der Waals surface area contributed by atoms with Crippen LogP contribution in [-0.2, 0) is 6.42 Å². The van der Waals surface area contributed by atoms with Gasteiger partial charge in [0.25, 0.3) is 5.91 Å². The number of nitrogens with zero attached hydrogens (tertiary/aromatic N) is 1. The Morgan fingerprint density at radius 1 is 1.33 bits per heavy atom. The summed E-state index contributed by atoms with van der Waals surface area (Å²) in [6.45, 7) is 6.35. The van der Waals surface area contributed by atoms with Crippen LogP contribution >= 0.6 is 12.2 Å². The van der Waals surface area contributed by atoms with Crippen LogP contribution in [0.3, 0.4) is 0 Å². The molecule has 1 atom stereocenters. The van der Waals surface area contributed by atoms with E-state index >= 15 is 0 Å². The molecule has 1 amide bonds. The van der Waals surface area contributed by atoms with Gasteiger partial charge >= 0.3 is 0 Å². The number of fused-ring (bicyclic) bond motifs is 1. The minimum atomic E-state index is -0.154. The molecule has 2 heterocycles. The average molecular weight is 382 g/mol. The first-order chi connectivity index (χ1) is 12.8. The van der Waals surface area contributed by atoms with Gasteiger partial charge in [-0.3, -0.25) is 9.36 Å². The number of nitrogens with one attached hydrogen (secondary N) is 2. The zero-order valence-corrected chi connectivity index (χ0v) is 16.5. The second-order valence-electron chi connectivity index (χ2n) is 7.96. The zero-order valence-electron chi connectivity index (χ0n) is 15.7. The predicted octanol–water partition coefficient (Wildman–Crippen LogP) is 4.88. The Morgan fingerprint density at radius 3 is 2.81 bits per heavy atom. The van der Waals surface area contributed by atoms with Crippen LogP contribution in [-0.4, -0.2) is 15.5 Å². The molecule has 6 heteroatoms. The highest BCUT2D eigenvalue weighted by molar-refractivity contribution is 7.71. The summed E-state index contributed by atoms with van der Waals surface area (Å²) >= 11 is 5.39. The lowest BCUT2D eigenvalue weighted by Gasteiger charge is -2.34. The highest BCUT2D eigenvalue weighted by atomic mass is 32.1. The van der Waals surface area contributed by atoms with Crippen LogP contribution < -0.4 is 5.32 Å². The highest BCUT2D eigenvalue weighted by Gasteiger charge is 2.36. The molecule has 2 aromatic heterocycles. The molecule has 1 aliphatic rings. The standard InChI is InChI=1S/C21H23N3O2S/c1-13-9-15-16(10-21(2,3)11-18(15)26-13)23-19(25)17-12-22-20(27)24(17)14-7-5-4-6-8-14/h4-9,12,16H,10-11H2,1-3H3,(H,22,27)(H,23,25). The molecule has 1 aromatic carbocycles. The fourth-order valence-electron chi connectivity index (χ4n) is 3.91. The van der Waals surface area contributed by atoms with Gasteiger partial charge in [0, 0.05) is 23.9 Å². The molecule has 5 nitrogen and oxygen atoms in total. The maximum atomic E-state index is 13.1. The lowest BCUT2D eigenvalue weighted by molar-refractivity contribution is 0.0910. The number of carbonyl (C=O) groups excluding carboxylic acids is 1. The number of aryl methyl sites for hydroxylation is 1. The third-order valence-electron chi connectivity index (χ3n) is 5.06. The van der Waals surface area contributed by atoms with Gasteiger partial charge in [0.05, 0.1) is 6.04 Å². The minimum absolute atomic E-state index is 0.0615. The Morgan fingerprint density at radius 2 is 2.07 bits per heavy atom. The molecular formula is C21H23N3O2S. The van der Waals surface area contributed by atoms with Gasteiger partial charge in [-0.25, -0.2) is 0 Å². The lowest BCUT2D eigenvalue weighted by atomic mass is 9.74. The number of aromatic nitrogens is 2. The molecular weight excluding hydrogens is 358 g/mol. The van der Waals surface area contributed by atoms with E-state index in [-0.39, 0.29) is 17.4 Å². The Bertz CT molecular complexity index is 1040. The van der Waals surface area contributed by atoms with Crippen molar-refractivity contribution < 1.29 is 9.21 Å². The number of hydrogen-bond acceptors (Lipinski definition) is 3. The van der Waals surface area contributed by atoms with E-state index in [9.17, 15) is 4.79 Å². The van der Waals surface area contributed by atoms with Crippen LogP contribution in [0.1, 0.15) is 53.9 Å². The van der Waals surface area contributed by atoms with Gasteiger partial charge in [-0.15, -0.1) is 0 Å². The van der Waals surface area contributed by atoms with E-state index in [1.54, 1.807) is 10.8 Å². The maximum absolute atomic E-state index is 13.1. The summed E-state index contributed by atoms with van der Waals surface area (Å²) in [4.78, 5) is 16.1. The van der Waals surface area contributed by atoms with Gasteiger partial charge in [0.1, 0.15) is 17.2 Å². The van der Waals surface area contributed by atoms with Gasteiger partial charge in [-0.2, -0.15) is 0 Å². The second-order valence-corrected chi connectivity index (χ2v) is 8.34. The normalized spacial score (nSPS) is 18.1. The molecule has 27 heavy (non-hydrogen) atoms. The van der Waals surface area contributed by atoms with Crippen molar-refractivity contribution in [1.82, 2.24) is 14.9 Å². The third kappa shape index (κ3) is 3.37. The molecule has 2 N–H and O–H groups in total. The van der Waals surface area contributed by atoms with E-state index in [1.807, 2.05) is 43.3 Å². The van der Waals surface area contributed by atoms with E-state index in [0.29, 0.717) is 10.5 Å². The maximum Gasteiger partial charge on any atom is 0.270 e. The topological polar surface area (TPSA) is 63.0 Å². The quantitative estimate of drug-likeness (QED) is 0.636. The number of rotatable bonds is 3. The van der Waals surface area contributed by atoms with Crippen molar-refractivity contribution in [1.29, 1.82) is 0 Å². The number of amides is 1. The monoisotopic (exact) mass is 381 g/mol. The van der Waals surface area contributed by atoms with Crippen LogP contribution in [0.25, 0.3) is 5.69 Å². The number of hydrogen-bond donors (Lipinski definition) is 2. The summed E-state index contributed by atoms with van der Waals surface area (Å²) in [6, 6.07) is 11.6. The van der Waals surface area contributed by atoms with Crippen molar-refractivity contribution in [2.24, 2.45) is 5.41 Å². The number of furan rings is 1. The fourth-order valence-corrected chi connectivity index (χ4v) is 4.18. The van der Waals surface area contributed by atoms with Crippen LogP contribution in [0, 0.1) is 17.1 Å². The average Bonchev–Trinajstić information content (AvgIpc) is 3.17. The smallest absolute Gasteiger partial charge is 0.270 e. The second kappa shape index (κ2) is 6.53. The molecule has 0 saturated carbocycles. The molecule has 0 bridgehead atoms. The molecule has 0 spiro atoms. The number of benzene rings is 1. The molecule has 0 radical (unpaired) electrons. The fraction of sp³-hybridized carbons (Fsp3) is 0.333. The van der Waals surface area contributed by atoms with Crippen LogP contribution in [0.4, 0.5) is 0 Å². The van der Waals surface area contributed by atoms with Crippen molar-refractivity contribution in [2.75, 3.05) is 0 Å². The first-order valence-corrected chi connectivity index (χ1v) is 9.51. The predicted molar refractivity (Wildman–Crippen MR) is 107 cm³/mol. The third-order valence-corrected chi connectivity index (χ3v) is 5.37. The van der Waals surface area contributed by atoms with Crippen molar-refractivity contribution in [3.63, 3.8) is 0 Å². The largest absolute Gasteiger partial charge is 0.466 e. The summed E-state index contributed by atoms with van der Waals surface area (Å²) in [7, 11) is 0. The van der Waals surface area contributed by atoms with E-state index in [2.05, 4.69) is 24.1 Å². The summed E-state index contributed by atoms with van der Waals surface area (Å²) in [5.74, 6) is 1.70. The minimum Gasteiger partial charge on any atom is -0.466 e. The van der Waals surface area contributed by atoms with Crippen LogP contribution in [0.2, 0.25) is 0 Å². The SMILES string of the molecule is Cc1cc2c(o1)CC(C)(C)CC2NC(=O)c1c[nH]c(=S)n1-c1ccccc1. The van der Waals surface area contributed by atoms with Crippen molar-refractivity contribution in [3.05, 3.63) is 70.1 Å². The Kier molecular flexibility index (Phi) is 4.30. The van der Waals surface area contributed by atoms with Crippen LogP contribution in [0.15, 0.2) is 47.0 Å². The molecule has 0 saturated heterocycles. The Hall–Kier alpha value is -2.60. The van der Waals surface area contributed by atoms with Crippen molar-refractivity contribution in [3.8, 4) is 5.69 Å². The highest BCUT2D eigenvalue weighted by Crippen LogP contribution is 2.42. The van der Waals surface area contributed by atoms with Crippen molar-refractivity contribution in [2.45, 2.75) is 39.7 Å². The van der Waals surface area contributed by atoms with E-state index < -0.39 is 0 Å². The number of H-pyrrole nitrogens is 1. The molecule has 1 aliphatic carbocycles. The van der Waals surface area contributed by atoms with Gasteiger partial charge in [-0.1, -0.05) is 32.0 Å². The van der Waals surface area contributed by atoms with Gasteiger partial charge in [0.15, 0.2) is 4.77 Å². The summed E-state index contributed by atoms with van der Waals surface area (Å²) in [5.41, 5.74) is 2.50. The summed E-state index contributed by atoms with van der Waals surface area (Å²) in [6.07, 6.45) is 3.41.